The summed E-state index contributed by atoms with van der Waals surface area (Å²) in [5.74, 6) is 0.701. The van der Waals surface area contributed by atoms with Crippen LogP contribution in [0.2, 0.25) is 0 Å². The Bertz CT molecular complexity index is 835. The highest BCUT2D eigenvalue weighted by molar-refractivity contribution is 6.61. The number of hydrogen-bond acceptors (Lipinski definition) is 7. The Hall–Kier alpha value is -1.87. The van der Waals surface area contributed by atoms with Gasteiger partial charge in [-0.15, -0.1) is 0 Å². The summed E-state index contributed by atoms with van der Waals surface area (Å²) < 4.78 is 18.0. The fourth-order valence-electron chi connectivity index (χ4n) is 4.34. The van der Waals surface area contributed by atoms with Crippen LogP contribution in [0.1, 0.15) is 80.6 Å². The van der Waals surface area contributed by atoms with E-state index in [1.807, 2.05) is 65.8 Å². The van der Waals surface area contributed by atoms with Crippen LogP contribution in [-0.2, 0) is 14.0 Å². The SMILES string of the molecule is CC(C)(C)OC(=O)N1CCCCC1CN(c1ncc(B2OC(C)(C)C(C)(C)O2)cn1)C1CC1. The van der Waals surface area contributed by atoms with E-state index in [1.165, 1.54) is 0 Å². The molecule has 1 amide bonds. The van der Waals surface area contributed by atoms with Crippen LogP contribution < -0.4 is 10.4 Å². The molecule has 2 saturated heterocycles. The molecule has 0 radical (unpaired) electrons. The first-order chi connectivity index (χ1) is 15.4. The van der Waals surface area contributed by atoms with Gasteiger partial charge in [-0.05, 0) is 80.6 Å². The third kappa shape index (κ3) is 5.45. The van der Waals surface area contributed by atoms with E-state index in [9.17, 15) is 4.79 Å². The van der Waals surface area contributed by atoms with Gasteiger partial charge in [0, 0.05) is 37.0 Å². The maximum Gasteiger partial charge on any atom is 0.498 e. The van der Waals surface area contributed by atoms with Crippen LogP contribution in [0.4, 0.5) is 10.7 Å². The number of likely N-dealkylation sites (tertiary alicyclic amines) is 1. The van der Waals surface area contributed by atoms with Crippen LogP contribution in [-0.4, -0.2) is 70.1 Å². The zero-order chi connectivity index (χ0) is 24.0. The van der Waals surface area contributed by atoms with Crippen LogP contribution >= 0.6 is 0 Å². The Balaban J connectivity index is 1.47. The number of aromatic nitrogens is 2. The lowest BCUT2D eigenvalue weighted by Gasteiger charge is -2.39. The third-order valence-corrected chi connectivity index (χ3v) is 7.09. The number of amides is 1. The summed E-state index contributed by atoms with van der Waals surface area (Å²) in [6.07, 6.45) is 8.75. The Labute approximate surface area is 198 Å². The van der Waals surface area contributed by atoms with E-state index in [1.54, 1.807) is 0 Å². The molecule has 8 nitrogen and oxygen atoms in total. The molecule has 1 saturated carbocycles. The summed E-state index contributed by atoms with van der Waals surface area (Å²) in [6, 6.07) is 0.524. The molecule has 9 heteroatoms. The number of anilines is 1. The average molecular weight is 458 g/mol. The smallest absolute Gasteiger partial charge is 0.444 e. The van der Waals surface area contributed by atoms with Gasteiger partial charge < -0.3 is 23.8 Å². The molecular formula is C24H39BN4O4. The van der Waals surface area contributed by atoms with Crippen molar-refractivity contribution in [2.45, 2.75) is 109 Å². The van der Waals surface area contributed by atoms with Crippen LogP contribution in [0.5, 0.6) is 0 Å². The minimum absolute atomic E-state index is 0.0978. The van der Waals surface area contributed by atoms with Crippen molar-refractivity contribution in [1.82, 2.24) is 14.9 Å². The molecular weight excluding hydrogens is 419 g/mol. The van der Waals surface area contributed by atoms with Crippen molar-refractivity contribution in [2.75, 3.05) is 18.0 Å². The number of rotatable bonds is 5. The monoisotopic (exact) mass is 458 g/mol. The van der Waals surface area contributed by atoms with E-state index in [2.05, 4.69) is 4.90 Å². The lowest BCUT2D eigenvalue weighted by atomic mass is 9.81. The summed E-state index contributed by atoms with van der Waals surface area (Å²) in [4.78, 5) is 26.4. The van der Waals surface area contributed by atoms with E-state index in [0.717, 1.165) is 50.7 Å². The molecule has 1 aromatic heterocycles. The summed E-state index contributed by atoms with van der Waals surface area (Å²) in [5, 5.41) is 0. The second-order valence-electron chi connectivity index (χ2n) is 11.6. The average Bonchev–Trinajstić information content (AvgIpc) is 3.52. The Morgan fingerprint density at radius 1 is 1.12 bits per heavy atom. The topological polar surface area (TPSA) is 77.0 Å². The molecule has 0 spiro atoms. The van der Waals surface area contributed by atoms with Crippen LogP contribution in [0, 0.1) is 0 Å². The summed E-state index contributed by atoms with van der Waals surface area (Å²) in [7, 11) is -0.473. The van der Waals surface area contributed by atoms with Gasteiger partial charge in [0.1, 0.15) is 5.60 Å². The van der Waals surface area contributed by atoms with Gasteiger partial charge >= 0.3 is 13.2 Å². The highest BCUT2D eigenvalue weighted by Gasteiger charge is 2.52. The number of ether oxygens (including phenoxy) is 1. The predicted octanol–water partition coefficient (Wildman–Crippen LogP) is 3.53. The maximum atomic E-state index is 12.9. The number of carbonyl (C=O) groups excluding carboxylic acids is 1. The number of carbonyl (C=O) groups is 1. The van der Waals surface area contributed by atoms with Crippen molar-refractivity contribution < 1.29 is 18.8 Å². The van der Waals surface area contributed by atoms with E-state index < -0.39 is 23.9 Å². The lowest BCUT2D eigenvalue weighted by molar-refractivity contribution is 0.00578. The molecule has 0 bridgehead atoms. The molecule has 1 aromatic rings. The van der Waals surface area contributed by atoms with Crippen molar-refractivity contribution in [1.29, 1.82) is 0 Å². The molecule has 1 unspecified atom stereocenters. The Morgan fingerprint density at radius 3 is 2.27 bits per heavy atom. The van der Waals surface area contributed by atoms with Gasteiger partial charge in [-0.1, -0.05) is 0 Å². The quantitative estimate of drug-likeness (QED) is 0.625. The van der Waals surface area contributed by atoms with Gasteiger partial charge in [0.25, 0.3) is 0 Å². The van der Waals surface area contributed by atoms with Crippen LogP contribution in [0.3, 0.4) is 0 Å². The minimum Gasteiger partial charge on any atom is -0.444 e. The molecule has 3 aliphatic rings. The molecule has 2 aliphatic heterocycles. The van der Waals surface area contributed by atoms with Crippen molar-refractivity contribution in [2.24, 2.45) is 0 Å². The summed E-state index contributed by atoms with van der Waals surface area (Å²) in [6.45, 7) is 15.4. The van der Waals surface area contributed by atoms with Gasteiger partial charge in [0.15, 0.2) is 0 Å². The highest BCUT2D eigenvalue weighted by Crippen LogP contribution is 2.36. The minimum atomic E-state index is -0.498. The number of hydrogen-bond donors (Lipinski definition) is 0. The summed E-state index contributed by atoms with van der Waals surface area (Å²) >= 11 is 0. The third-order valence-electron chi connectivity index (χ3n) is 7.09. The second kappa shape index (κ2) is 8.73. The van der Waals surface area contributed by atoms with E-state index in [0.29, 0.717) is 12.0 Å². The van der Waals surface area contributed by atoms with Crippen LogP contribution in [0.25, 0.3) is 0 Å². The van der Waals surface area contributed by atoms with Gasteiger partial charge in [-0.2, -0.15) is 0 Å². The molecule has 1 atom stereocenters. The first kappa shape index (κ1) is 24.3. The predicted molar refractivity (Wildman–Crippen MR) is 129 cm³/mol. The molecule has 182 valence electrons. The van der Waals surface area contributed by atoms with Gasteiger partial charge in [0.2, 0.25) is 5.95 Å². The van der Waals surface area contributed by atoms with E-state index in [-0.39, 0.29) is 12.1 Å². The number of nitrogens with zero attached hydrogens (tertiary/aromatic N) is 4. The molecule has 0 N–H and O–H groups in total. The zero-order valence-electron chi connectivity index (χ0n) is 21.3. The van der Waals surface area contributed by atoms with Gasteiger partial charge in [-0.25, -0.2) is 14.8 Å². The van der Waals surface area contributed by atoms with Crippen molar-refractivity contribution >= 4 is 24.6 Å². The van der Waals surface area contributed by atoms with Crippen molar-refractivity contribution in [3.63, 3.8) is 0 Å². The first-order valence-corrected chi connectivity index (χ1v) is 12.3. The number of piperidine rings is 1. The molecule has 4 rings (SSSR count). The molecule has 3 fully saturated rings. The van der Waals surface area contributed by atoms with Gasteiger partial charge in [-0.3, -0.25) is 0 Å². The Kier molecular flexibility index (Phi) is 6.42. The summed E-state index contributed by atoms with van der Waals surface area (Å²) in [5.41, 5.74) is -0.478. The Morgan fingerprint density at radius 2 is 1.73 bits per heavy atom. The highest BCUT2D eigenvalue weighted by atomic mass is 16.7. The standard InChI is InChI=1S/C24H39BN4O4/c1-22(2,3)31-21(30)28-13-9-8-10-19(28)16-29(18-11-12-18)20-26-14-17(15-27-20)25-32-23(4,5)24(6,7)33-25/h14-15,18-19H,8-13,16H2,1-7H3. The largest absolute Gasteiger partial charge is 0.498 e. The van der Waals surface area contributed by atoms with Gasteiger partial charge in [0.05, 0.1) is 17.2 Å². The molecule has 3 heterocycles. The second-order valence-corrected chi connectivity index (χ2v) is 11.6. The molecule has 1 aliphatic carbocycles. The molecule has 33 heavy (non-hydrogen) atoms. The van der Waals surface area contributed by atoms with E-state index >= 15 is 0 Å². The normalized spacial score (nSPS) is 24.6. The first-order valence-electron chi connectivity index (χ1n) is 12.3. The lowest BCUT2D eigenvalue weighted by Crippen LogP contribution is -2.51. The zero-order valence-corrected chi connectivity index (χ0v) is 21.3. The van der Waals surface area contributed by atoms with Crippen LogP contribution in [0.15, 0.2) is 12.4 Å². The molecule has 0 aromatic carbocycles. The fourth-order valence-corrected chi connectivity index (χ4v) is 4.34. The maximum absolute atomic E-state index is 12.9. The fraction of sp³-hybridized carbons (Fsp3) is 0.792. The van der Waals surface area contributed by atoms with Crippen molar-refractivity contribution in [3.8, 4) is 0 Å². The van der Waals surface area contributed by atoms with Crippen molar-refractivity contribution in [3.05, 3.63) is 12.4 Å². The van der Waals surface area contributed by atoms with E-state index in [4.69, 9.17) is 24.0 Å².